The van der Waals surface area contributed by atoms with E-state index < -0.39 is 0 Å². The summed E-state index contributed by atoms with van der Waals surface area (Å²) in [5, 5.41) is 0. The lowest BCUT2D eigenvalue weighted by Crippen LogP contribution is -2.43. The van der Waals surface area contributed by atoms with Gasteiger partial charge in [0.25, 0.3) is 0 Å². The van der Waals surface area contributed by atoms with Crippen LogP contribution in [0.15, 0.2) is 4.99 Å². The van der Waals surface area contributed by atoms with Crippen molar-refractivity contribution in [3.8, 4) is 0 Å². The number of rotatable bonds is 6. The van der Waals surface area contributed by atoms with Crippen LogP contribution in [0.1, 0.15) is 47.0 Å². The van der Waals surface area contributed by atoms with E-state index in [1.807, 2.05) is 6.92 Å². The Balaban J connectivity index is 2.37. The van der Waals surface area contributed by atoms with E-state index in [0.717, 1.165) is 38.6 Å². The molecule has 1 aliphatic heterocycles. The van der Waals surface area contributed by atoms with E-state index >= 15 is 0 Å². The predicted molar refractivity (Wildman–Crippen MR) is 81.3 cm³/mol. The molecule has 0 aromatic rings. The summed E-state index contributed by atoms with van der Waals surface area (Å²) in [5.41, 5.74) is 6.08. The minimum atomic E-state index is 0.293. The van der Waals surface area contributed by atoms with E-state index in [1.54, 1.807) is 0 Å². The van der Waals surface area contributed by atoms with Gasteiger partial charge in [0.2, 0.25) is 0 Å². The molecular weight excluding hydrogens is 238 g/mol. The predicted octanol–water partition coefficient (Wildman–Crippen LogP) is 2.48. The van der Waals surface area contributed by atoms with Gasteiger partial charge in [-0.05, 0) is 38.0 Å². The summed E-state index contributed by atoms with van der Waals surface area (Å²) in [6.45, 7) is 12.4. The number of piperidine rings is 1. The molecule has 112 valence electrons. The minimum Gasteiger partial charge on any atom is -0.378 e. The van der Waals surface area contributed by atoms with E-state index in [0.29, 0.717) is 18.0 Å². The van der Waals surface area contributed by atoms with Gasteiger partial charge in [0.15, 0.2) is 5.96 Å². The second kappa shape index (κ2) is 8.41. The second-order valence-electron chi connectivity index (χ2n) is 5.96. The average Bonchev–Trinajstić information content (AvgIpc) is 2.37. The van der Waals surface area contributed by atoms with Gasteiger partial charge in [-0.25, -0.2) is 0 Å². The molecule has 19 heavy (non-hydrogen) atoms. The van der Waals surface area contributed by atoms with Crippen LogP contribution >= 0.6 is 0 Å². The molecule has 1 heterocycles. The van der Waals surface area contributed by atoms with E-state index in [-0.39, 0.29) is 0 Å². The summed E-state index contributed by atoms with van der Waals surface area (Å²) in [7, 11) is 0. The van der Waals surface area contributed by atoms with Crippen LogP contribution in [0.25, 0.3) is 0 Å². The minimum absolute atomic E-state index is 0.293. The summed E-state index contributed by atoms with van der Waals surface area (Å²) in [5.74, 6) is 1.98. The first-order valence-corrected chi connectivity index (χ1v) is 7.71. The lowest BCUT2D eigenvalue weighted by molar-refractivity contribution is 0.0266. The van der Waals surface area contributed by atoms with Gasteiger partial charge in [0.05, 0.1) is 6.10 Å². The number of ether oxygens (including phenoxy) is 1. The van der Waals surface area contributed by atoms with Gasteiger partial charge in [-0.15, -0.1) is 0 Å². The topological polar surface area (TPSA) is 50.9 Å². The Hall–Kier alpha value is -0.770. The Morgan fingerprint density at radius 1 is 1.47 bits per heavy atom. The molecule has 1 rings (SSSR count). The summed E-state index contributed by atoms with van der Waals surface area (Å²) >= 11 is 0. The third-order valence-corrected chi connectivity index (χ3v) is 3.79. The SMILES string of the molecule is CCOC(CCN=C(N)N1CCCC(C)C1)C(C)C. The number of aliphatic imine (C=N–C) groups is 1. The average molecular weight is 269 g/mol. The fraction of sp³-hybridized carbons (Fsp3) is 0.933. The van der Waals surface area contributed by atoms with Crippen LogP contribution in [0.5, 0.6) is 0 Å². The molecule has 0 spiro atoms. The van der Waals surface area contributed by atoms with Crippen molar-refractivity contribution in [3.05, 3.63) is 0 Å². The number of hydrogen-bond donors (Lipinski definition) is 1. The molecule has 4 heteroatoms. The molecule has 2 atom stereocenters. The molecular formula is C15H31N3O. The first-order valence-electron chi connectivity index (χ1n) is 7.71. The number of hydrogen-bond acceptors (Lipinski definition) is 2. The van der Waals surface area contributed by atoms with Crippen LogP contribution in [-0.4, -0.2) is 43.2 Å². The van der Waals surface area contributed by atoms with Crippen molar-refractivity contribution in [1.82, 2.24) is 4.90 Å². The van der Waals surface area contributed by atoms with Crippen molar-refractivity contribution in [2.24, 2.45) is 22.6 Å². The van der Waals surface area contributed by atoms with Crippen molar-refractivity contribution in [1.29, 1.82) is 0 Å². The van der Waals surface area contributed by atoms with Crippen LogP contribution in [-0.2, 0) is 4.74 Å². The molecule has 2 unspecified atom stereocenters. The highest BCUT2D eigenvalue weighted by Crippen LogP contribution is 2.15. The summed E-state index contributed by atoms with van der Waals surface area (Å²) in [4.78, 5) is 6.75. The van der Waals surface area contributed by atoms with E-state index in [4.69, 9.17) is 10.5 Å². The Morgan fingerprint density at radius 2 is 2.21 bits per heavy atom. The maximum absolute atomic E-state index is 6.08. The van der Waals surface area contributed by atoms with Crippen LogP contribution in [0, 0.1) is 11.8 Å². The monoisotopic (exact) mass is 269 g/mol. The van der Waals surface area contributed by atoms with Crippen LogP contribution < -0.4 is 5.73 Å². The molecule has 1 aliphatic rings. The molecule has 0 amide bonds. The first-order chi connectivity index (χ1) is 9.04. The highest BCUT2D eigenvalue weighted by Gasteiger charge is 2.18. The molecule has 1 saturated heterocycles. The maximum Gasteiger partial charge on any atom is 0.191 e. The van der Waals surface area contributed by atoms with Gasteiger partial charge in [-0.3, -0.25) is 4.99 Å². The van der Waals surface area contributed by atoms with Gasteiger partial charge >= 0.3 is 0 Å². The van der Waals surface area contributed by atoms with Crippen molar-refractivity contribution in [3.63, 3.8) is 0 Å². The van der Waals surface area contributed by atoms with Gasteiger partial charge in [0, 0.05) is 26.2 Å². The third-order valence-electron chi connectivity index (χ3n) is 3.79. The summed E-state index contributed by atoms with van der Waals surface area (Å²) in [6.07, 6.45) is 3.78. The van der Waals surface area contributed by atoms with Crippen LogP contribution in [0.3, 0.4) is 0 Å². The molecule has 0 bridgehead atoms. The van der Waals surface area contributed by atoms with Gasteiger partial charge in [-0.1, -0.05) is 20.8 Å². The smallest absolute Gasteiger partial charge is 0.191 e. The van der Waals surface area contributed by atoms with E-state index in [9.17, 15) is 0 Å². The molecule has 0 aromatic heterocycles. The lowest BCUT2D eigenvalue weighted by Gasteiger charge is -2.31. The molecule has 0 radical (unpaired) electrons. The van der Waals surface area contributed by atoms with Crippen molar-refractivity contribution in [2.75, 3.05) is 26.2 Å². The quantitative estimate of drug-likeness (QED) is 0.595. The number of nitrogens with two attached hydrogens (primary N) is 1. The standard InChI is InChI=1S/C15H31N3O/c1-5-19-14(12(2)3)8-9-17-15(16)18-10-6-7-13(4)11-18/h12-14H,5-11H2,1-4H3,(H2,16,17). The largest absolute Gasteiger partial charge is 0.378 e. The Kier molecular flexibility index (Phi) is 7.21. The Morgan fingerprint density at radius 3 is 2.79 bits per heavy atom. The highest BCUT2D eigenvalue weighted by atomic mass is 16.5. The van der Waals surface area contributed by atoms with Crippen molar-refractivity contribution >= 4 is 5.96 Å². The molecule has 0 aliphatic carbocycles. The zero-order chi connectivity index (χ0) is 14.3. The Bertz CT molecular complexity index is 279. The summed E-state index contributed by atoms with van der Waals surface area (Å²) < 4.78 is 5.72. The second-order valence-corrected chi connectivity index (χ2v) is 5.96. The molecule has 0 aromatic carbocycles. The molecule has 2 N–H and O–H groups in total. The number of guanidine groups is 1. The molecule has 1 fully saturated rings. The fourth-order valence-electron chi connectivity index (χ4n) is 2.63. The van der Waals surface area contributed by atoms with E-state index in [2.05, 4.69) is 30.7 Å². The van der Waals surface area contributed by atoms with Crippen LogP contribution in [0.4, 0.5) is 0 Å². The van der Waals surface area contributed by atoms with Crippen molar-refractivity contribution < 1.29 is 4.74 Å². The van der Waals surface area contributed by atoms with Gasteiger partial charge in [0.1, 0.15) is 0 Å². The zero-order valence-corrected chi connectivity index (χ0v) is 13.1. The maximum atomic E-state index is 6.08. The highest BCUT2D eigenvalue weighted by molar-refractivity contribution is 5.78. The third kappa shape index (κ3) is 5.81. The fourth-order valence-corrected chi connectivity index (χ4v) is 2.63. The lowest BCUT2D eigenvalue weighted by atomic mass is 10.0. The molecule has 4 nitrogen and oxygen atoms in total. The van der Waals surface area contributed by atoms with Gasteiger partial charge in [-0.2, -0.15) is 0 Å². The number of nitrogens with zero attached hydrogens (tertiary/aromatic N) is 2. The van der Waals surface area contributed by atoms with Crippen molar-refractivity contribution in [2.45, 2.75) is 53.1 Å². The normalized spacial score (nSPS) is 22.9. The summed E-state index contributed by atoms with van der Waals surface area (Å²) in [6, 6.07) is 0. The number of likely N-dealkylation sites (tertiary alicyclic amines) is 1. The first kappa shape index (κ1) is 16.3. The zero-order valence-electron chi connectivity index (χ0n) is 13.1. The van der Waals surface area contributed by atoms with Gasteiger partial charge < -0.3 is 15.4 Å². The Labute approximate surface area is 118 Å². The van der Waals surface area contributed by atoms with Crippen LogP contribution in [0.2, 0.25) is 0 Å². The van der Waals surface area contributed by atoms with E-state index in [1.165, 1.54) is 12.8 Å². The molecule has 0 saturated carbocycles.